The standard InChI is InChI=1S/C28H31N7O4/c1-19(26(37)35(4)20-9-6-5-7-10-20)30-27-29-15-13-23(32-27)21-11-8-12-22(31-21)24-17-25(39-33-24)28(38,18-36)14-16-34(2)3/h5-13,15,17-19,38H,14,16H2,1-4H3,(H,29,30,32). The Morgan fingerprint density at radius 3 is 2.41 bits per heavy atom. The highest BCUT2D eigenvalue weighted by Gasteiger charge is 2.34. The minimum absolute atomic E-state index is 0.0502. The molecule has 2 unspecified atom stereocenters. The predicted molar refractivity (Wildman–Crippen MR) is 147 cm³/mol. The summed E-state index contributed by atoms with van der Waals surface area (Å²) in [5.41, 5.74) is 0.915. The van der Waals surface area contributed by atoms with Crippen LogP contribution in [0, 0.1) is 0 Å². The highest BCUT2D eigenvalue weighted by atomic mass is 16.5. The van der Waals surface area contributed by atoms with Crippen molar-refractivity contribution in [2.75, 3.05) is 37.9 Å². The lowest BCUT2D eigenvalue weighted by Crippen LogP contribution is -2.39. The number of benzene rings is 1. The van der Waals surface area contributed by atoms with Crippen molar-refractivity contribution in [3.05, 3.63) is 72.6 Å². The smallest absolute Gasteiger partial charge is 0.249 e. The van der Waals surface area contributed by atoms with Crippen molar-refractivity contribution in [3.8, 4) is 22.8 Å². The van der Waals surface area contributed by atoms with Crippen LogP contribution in [0.4, 0.5) is 11.6 Å². The summed E-state index contributed by atoms with van der Waals surface area (Å²) >= 11 is 0. The van der Waals surface area contributed by atoms with Crippen molar-refractivity contribution in [2.24, 2.45) is 0 Å². The van der Waals surface area contributed by atoms with Crippen LogP contribution < -0.4 is 10.2 Å². The summed E-state index contributed by atoms with van der Waals surface area (Å²) in [4.78, 5) is 41.5. The van der Waals surface area contributed by atoms with Gasteiger partial charge in [0.05, 0.1) is 17.1 Å². The van der Waals surface area contributed by atoms with E-state index in [9.17, 15) is 14.7 Å². The average Bonchev–Trinajstić information content (AvgIpc) is 3.47. The summed E-state index contributed by atoms with van der Waals surface area (Å²) in [6, 6.07) is 17.3. The van der Waals surface area contributed by atoms with Gasteiger partial charge in [0.15, 0.2) is 17.6 Å². The van der Waals surface area contributed by atoms with Gasteiger partial charge in [0.2, 0.25) is 11.9 Å². The zero-order valence-electron chi connectivity index (χ0n) is 22.3. The summed E-state index contributed by atoms with van der Waals surface area (Å²) in [6.45, 7) is 2.23. The van der Waals surface area contributed by atoms with E-state index in [-0.39, 0.29) is 24.0 Å². The maximum atomic E-state index is 12.9. The molecule has 0 aliphatic heterocycles. The molecule has 0 bridgehead atoms. The molecule has 11 nitrogen and oxygen atoms in total. The van der Waals surface area contributed by atoms with Crippen molar-refractivity contribution >= 4 is 23.8 Å². The van der Waals surface area contributed by atoms with Gasteiger partial charge in [0.1, 0.15) is 11.7 Å². The highest BCUT2D eigenvalue weighted by molar-refractivity contribution is 5.97. The largest absolute Gasteiger partial charge is 0.374 e. The number of anilines is 2. The maximum absolute atomic E-state index is 12.9. The first-order valence-corrected chi connectivity index (χ1v) is 12.4. The molecular formula is C28H31N7O4. The van der Waals surface area contributed by atoms with Gasteiger partial charge in [-0.3, -0.25) is 9.59 Å². The Kier molecular flexibility index (Phi) is 8.43. The van der Waals surface area contributed by atoms with Crippen molar-refractivity contribution in [1.82, 2.24) is 25.0 Å². The molecule has 1 amide bonds. The van der Waals surface area contributed by atoms with Gasteiger partial charge in [-0.05, 0) is 51.4 Å². The number of amides is 1. The molecule has 39 heavy (non-hydrogen) atoms. The number of rotatable bonds is 11. The third kappa shape index (κ3) is 6.51. The van der Waals surface area contributed by atoms with E-state index < -0.39 is 11.6 Å². The van der Waals surface area contributed by atoms with E-state index in [1.54, 1.807) is 49.3 Å². The van der Waals surface area contributed by atoms with Gasteiger partial charge in [0, 0.05) is 38.0 Å². The Hall–Kier alpha value is -4.48. The van der Waals surface area contributed by atoms with Crippen molar-refractivity contribution in [1.29, 1.82) is 0 Å². The summed E-state index contributed by atoms with van der Waals surface area (Å²) < 4.78 is 5.33. The average molecular weight is 530 g/mol. The molecule has 0 saturated carbocycles. The lowest BCUT2D eigenvalue weighted by atomic mass is 9.97. The van der Waals surface area contributed by atoms with Gasteiger partial charge in [-0.2, -0.15) is 0 Å². The SMILES string of the molecule is CC(Nc1nccc(-c2cccc(-c3cc(C(O)(C=O)CCN(C)C)on3)n2)n1)C(=O)N(C)c1ccccc1. The summed E-state index contributed by atoms with van der Waals surface area (Å²) in [7, 11) is 5.42. The molecule has 0 fully saturated rings. The monoisotopic (exact) mass is 529 g/mol. The van der Waals surface area contributed by atoms with Crippen LogP contribution in [0.3, 0.4) is 0 Å². The zero-order chi connectivity index (χ0) is 28.0. The van der Waals surface area contributed by atoms with Crippen LogP contribution in [0.15, 0.2) is 71.4 Å². The lowest BCUT2D eigenvalue weighted by molar-refractivity contribution is -0.128. The normalized spacial score (nSPS) is 13.5. The lowest BCUT2D eigenvalue weighted by Gasteiger charge is -2.22. The Morgan fingerprint density at radius 2 is 1.72 bits per heavy atom. The number of likely N-dealkylation sites (N-methyl/N-ethyl adjacent to an activating group) is 1. The fraction of sp³-hybridized carbons (Fsp3) is 0.286. The van der Waals surface area contributed by atoms with E-state index >= 15 is 0 Å². The van der Waals surface area contributed by atoms with Crippen molar-refractivity contribution in [3.63, 3.8) is 0 Å². The molecule has 0 aliphatic rings. The molecule has 0 spiro atoms. The number of nitrogens with zero attached hydrogens (tertiary/aromatic N) is 6. The van der Waals surface area contributed by atoms with Crippen molar-refractivity contribution < 1.29 is 19.2 Å². The molecule has 2 atom stereocenters. The Balaban J connectivity index is 1.51. The Morgan fingerprint density at radius 1 is 1.03 bits per heavy atom. The third-order valence-corrected chi connectivity index (χ3v) is 6.19. The van der Waals surface area contributed by atoms with Crippen LogP contribution in [-0.2, 0) is 15.2 Å². The highest BCUT2D eigenvalue weighted by Crippen LogP contribution is 2.28. The second-order valence-corrected chi connectivity index (χ2v) is 9.44. The number of hydrogen-bond donors (Lipinski definition) is 2. The van der Waals surface area contributed by atoms with Crippen LogP contribution in [0.2, 0.25) is 0 Å². The summed E-state index contributed by atoms with van der Waals surface area (Å²) in [6.07, 6.45) is 2.20. The van der Waals surface area contributed by atoms with E-state index in [4.69, 9.17) is 4.52 Å². The van der Waals surface area contributed by atoms with Crippen molar-refractivity contribution in [2.45, 2.75) is 25.0 Å². The molecule has 4 aromatic rings. The topological polar surface area (TPSA) is 138 Å². The molecule has 3 heterocycles. The third-order valence-electron chi connectivity index (χ3n) is 6.19. The Bertz CT molecular complexity index is 1430. The fourth-order valence-corrected chi connectivity index (χ4v) is 3.85. The number of aliphatic hydroxyl groups is 1. The Labute approximate surface area is 226 Å². The van der Waals surface area contributed by atoms with Crippen LogP contribution in [0.1, 0.15) is 19.1 Å². The van der Waals surface area contributed by atoms with Gasteiger partial charge in [0.25, 0.3) is 0 Å². The molecule has 1 aromatic carbocycles. The van der Waals surface area contributed by atoms with Crippen LogP contribution >= 0.6 is 0 Å². The number of pyridine rings is 1. The summed E-state index contributed by atoms with van der Waals surface area (Å²) in [5, 5.41) is 17.9. The first kappa shape index (κ1) is 27.6. The molecule has 4 rings (SSSR count). The number of para-hydroxylation sites is 1. The number of aldehydes is 1. The van der Waals surface area contributed by atoms with Gasteiger partial charge < -0.3 is 24.7 Å². The van der Waals surface area contributed by atoms with Gasteiger partial charge in [-0.25, -0.2) is 15.0 Å². The van der Waals surface area contributed by atoms with E-state index in [0.29, 0.717) is 35.6 Å². The summed E-state index contributed by atoms with van der Waals surface area (Å²) in [5.74, 6) is 0.190. The number of carbonyl (C=O) groups is 2. The van der Waals surface area contributed by atoms with Gasteiger partial charge >= 0.3 is 0 Å². The molecule has 0 saturated heterocycles. The maximum Gasteiger partial charge on any atom is 0.249 e. The van der Waals surface area contributed by atoms with E-state index in [2.05, 4.69) is 25.4 Å². The molecule has 2 N–H and O–H groups in total. The molecule has 0 radical (unpaired) electrons. The fourth-order valence-electron chi connectivity index (χ4n) is 3.85. The van der Waals surface area contributed by atoms with Crippen LogP contribution in [-0.4, -0.2) is 76.0 Å². The first-order chi connectivity index (χ1) is 18.7. The molecule has 202 valence electrons. The van der Waals surface area contributed by atoms with E-state index in [0.717, 1.165) is 5.69 Å². The molecular weight excluding hydrogens is 498 g/mol. The second-order valence-electron chi connectivity index (χ2n) is 9.44. The van der Waals surface area contributed by atoms with E-state index in [1.165, 1.54) is 6.07 Å². The molecule has 0 aliphatic carbocycles. The van der Waals surface area contributed by atoms with Gasteiger partial charge in [-0.15, -0.1) is 0 Å². The number of carbonyl (C=O) groups excluding carboxylic acids is 2. The minimum atomic E-state index is -1.79. The minimum Gasteiger partial charge on any atom is -0.374 e. The quantitative estimate of drug-likeness (QED) is 0.279. The van der Waals surface area contributed by atoms with E-state index in [1.807, 2.05) is 49.3 Å². The molecule has 11 heteroatoms. The second kappa shape index (κ2) is 11.9. The first-order valence-electron chi connectivity index (χ1n) is 12.4. The molecule has 3 aromatic heterocycles. The number of hydrogen-bond acceptors (Lipinski definition) is 10. The number of nitrogens with one attached hydrogen (secondary N) is 1. The predicted octanol–water partition coefficient (Wildman–Crippen LogP) is 3.00. The zero-order valence-corrected chi connectivity index (χ0v) is 22.3. The number of aromatic nitrogens is 4. The van der Waals surface area contributed by atoms with Crippen LogP contribution in [0.5, 0.6) is 0 Å². The van der Waals surface area contributed by atoms with Gasteiger partial charge in [-0.1, -0.05) is 29.4 Å². The van der Waals surface area contributed by atoms with Crippen LogP contribution in [0.25, 0.3) is 22.8 Å².